The van der Waals surface area contributed by atoms with Crippen molar-refractivity contribution in [2.75, 3.05) is 0 Å². The van der Waals surface area contributed by atoms with Crippen LogP contribution in [0, 0.1) is 12.7 Å². The highest BCUT2D eigenvalue weighted by Gasteiger charge is 2.16. The van der Waals surface area contributed by atoms with E-state index in [9.17, 15) is 4.39 Å². The van der Waals surface area contributed by atoms with Gasteiger partial charge in [-0.1, -0.05) is 31.4 Å². The number of hydrogen-bond acceptors (Lipinski definition) is 4. The van der Waals surface area contributed by atoms with Gasteiger partial charge in [-0.15, -0.1) is 11.3 Å². The minimum atomic E-state index is -0.390. The summed E-state index contributed by atoms with van der Waals surface area (Å²) >= 11 is 1.48. The molecule has 0 atom stereocenters. The second kappa shape index (κ2) is 8.10. The Labute approximate surface area is 166 Å². The van der Waals surface area contributed by atoms with Gasteiger partial charge in [0.25, 0.3) is 0 Å². The lowest BCUT2D eigenvalue weighted by molar-refractivity contribution is 0.628. The summed E-state index contributed by atoms with van der Waals surface area (Å²) in [5.74, 6) is -0.390. The Morgan fingerprint density at radius 1 is 1.36 bits per heavy atom. The van der Waals surface area contributed by atoms with E-state index in [1.165, 1.54) is 29.9 Å². The second-order valence-corrected chi connectivity index (χ2v) is 7.11. The Hall–Kier alpha value is -3.38. The number of H-pyrrole nitrogens is 1. The van der Waals surface area contributed by atoms with Crippen molar-refractivity contribution in [2.24, 2.45) is 11.5 Å². The van der Waals surface area contributed by atoms with Crippen LogP contribution in [0.3, 0.4) is 0 Å². The first-order valence-corrected chi connectivity index (χ1v) is 9.43. The Morgan fingerprint density at radius 3 is 2.75 bits per heavy atom. The van der Waals surface area contributed by atoms with E-state index < -0.39 is 5.82 Å². The van der Waals surface area contributed by atoms with E-state index in [2.05, 4.69) is 23.1 Å². The Morgan fingerprint density at radius 2 is 2.14 bits per heavy atom. The number of fused-ring (bicyclic) bond motifs is 1. The molecule has 0 fully saturated rings. The normalized spacial score (nSPS) is 13.7. The fourth-order valence-electron chi connectivity index (χ4n) is 2.96. The molecule has 6 heteroatoms. The molecule has 4 nitrogen and oxygen atoms in total. The molecule has 0 aliphatic rings. The third kappa shape index (κ3) is 3.54. The van der Waals surface area contributed by atoms with Gasteiger partial charge in [0.2, 0.25) is 0 Å². The first kappa shape index (κ1) is 19.4. The Kier molecular flexibility index (Phi) is 5.61. The smallest absolute Gasteiger partial charge is 0.150 e. The van der Waals surface area contributed by atoms with Crippen LogP contribution in [0.5, 0.6) is 0 Å². The van der Waals surface area contributed by atoms with E-state index in [-0.39, 0.29) is 0 Å². The van der Waals surface area contributed by atoms with Crippen LogP contribution < -0.4 is 22.0 Å². The maximum Gasteiger partial charge on any atom is 0.150 e. The molecule has 0 aliphatic carbocycles. The molecule has 0 aliphatic heterocycles. The predicted molar refractivity (Wildman–Crippen MR) is 117 cm³/mol. The molecule has 3 aromatic heterocycles. The fraction of sp³-hybridized carbons (Fsp3) is 0.0455. The number of nitrogens with one attached hydrogen (secondary N) is 1. The summed E-state index contributed by atoms with van der Waals surface area (Å²) in [6.45, 7) is 9.73. The number of thiophene rings is 1. The third-order valence-electron chi connectivity index (χ3n) is 4.27. The summed E-state index contributed by atoms with van der Waals surface area (Å²) in [6.07, 6.45) is 11.2. The minimum absolute atomic E-state index is 0.390. The van der Waals surface area contributed by atoms with E-state index in [0.29, 0.717) is 32.7 Å². The highest BCUT2D eigenvalue weighted by Crippen LogP contribution is 2.32. The van der Waals surface area contributed by atoms with Crippen LogP contribution in [0.4, 0.5) is 4.39 Å². The van der Waals surface area contributed by atoms with Crippen molar-refractivity contribution in [1.82, 2.24) is 9.97 Å². The summed E-state index contributed by atoms with van der Waals surface area (Å²) in [5, 5.41) is 3.99. The van der Waals surface area contributed by atoms with Crippen molar-refractivity contribution in [3.05, 3.63) is 88.3 Å². The molecule has 142 valence electrons. The summed E-state index contributed by atoms with van der Waals surface area (Å²) in [5.41, 5.74) is 15.0. The zero-order chi connectivity index (χ0) is 20.3. The molecule has 0 radical (unpaired) electrons. The van der Waals surface area contributed by atoms with Gasteiger partial charge in [0.1, 0.15) is 5.65 Å². The molecule has 0 amide bonds. The number of aromatic amines is 1. The number of nitrogens with zero attached hydrogens (tertiary/aromatic N) is 1. The number of halogens is 1. The highest BCUT2D eigenvalue weighted by atomic mass is 32.1. The summed E-state index contributed by atoms with van der Waals surface area (Å²) in [6, 6.07) is 1.96. The summed E-state index contributed by atoms with van der Waals surface area (Å²) < 4.78 is 14.8. The maximum atomic E-state index is 14.8. The molecule has 0 aromatic carbocycles. The lowest BCUT2D eigenvalue weighted by Gasteiger charge is -2.04. The fourth-order valence-corrected chi connectivity index (χ4v) is 3.91. The number of aryl methyl sites for hydroxylation is 1. The van der Waals surface area contributed by atoms with Crippen molar-refractivity contribution in [3.63, 3.8) is 0 Å². The Bertz CT molecular complexity index is 1240. The van der Waals surface area contributed by atoms with Crippen molar-refractivity contribution in [2.45, 2.75) is 6.92 Å². The van der Waals surface area contributed by atoms with Gasteiger partial charge in [-0.2, -0.15) is 0 Å². The maximum absolute atomic E-state index is 14.8. The van der Waals surface area contributed by atoms with Crippen LogP contribution in [-0.2, 0) is 0 Å². The van der Waals surface area contributed by atoms with E-state index >= 15 is 0 Å². The van der Waals surface area contributed by atoms with E-state index in [0.717, 1.165) is 16.0 Å². The van der Waals surface area contributed by atoms with Crippen molar-refractivity contribution in [1.29, 1.82) is 0 Å². The van der Waals surface area contributed by atoms with Crippen molar-refractivity contribution in [3.8, 4) is 10.4 Å². The van der Waals surface area contributed by atoms with Crippen LogP contribution in [0.25, 0.3) is 33.7 Å². The van der Waals surface area contributed by atoms with Crippen LogP contribution in [-0.4, -0.2) is 9.97 Å². The molecule has 3 rings (SSSR count). The number of aromatic nitrogens is 2. The molecule has 0 unspecified atom stereocenters. The van der Waals surface area contributed by atoms with Crippen LogP contribution in [0.2, 0.25) is 0 Å². The molecule has 0 spiro atoms. The average Bonchev–Trinajstić information content (AvgIpc) is 3.26. The van der Waals surface area contributed by atoms with Crippen LogP contribution >= 0.6 is 11.3 Å². The zero-order valence-corrected chi connectivity index (χ0v) is 16.3. The molecule has 28 heavy (non-hydrogen) atoms. The topological polar surface area (TPSA) is 80.7 Å². The molecule has 0 saturated carbocycles. The highest BCUT2D eigenvalue weighted by molar-refractivity contribution is 7.13. The third-order valence-corrected chi connectivity index (χ3v) is 5.34. The zero-order valence-electron chi connectivity index (χ0n) is 15.5. The molecule has 0 bridgehead atoms. The van der Waals surface area contributed by atoms with Gasteiger partial charge in [-0.05, 0) is 41.2 Å². The van der Waals surface area contributed by atoms with E-state index in [1.54, 1.807) is 18.2 Å². The first-order chi connectivity index (χ1) is 13.5. The number of nitrogens with two attached hydrogens (primary N) is 2. The lowest BCUT2D eigenvalue weighted by Crippen LogP contribution is -2.25. The van der Waals surface area contributed by atoms with E-state index in [1.807, 2.05) is 24.4 Å². The van der Waals surface area contributed by atoms with Crippen LogP contribution in [0.15, 0.2) is 66.4 Å². The van der Waals surface area contributed by atoms with Gasteiger partial charge in [0.15, 0.2) is 5.82 Å². The molecular formula is C22H21FN4S. The second-order valence-electron chi connectivity index (χ2n) is 6.20. The van der Waals surface area contributed by atoms with E-state index in [4.69, 9.17) is 11.5 Å². The Balaban J connectivity index is 2.36. The largest absolute Gasteiger partial charge is 0.404 e. The van der Waals surface area contributed by atoms with Gasteiger partial charge in [-0.3, -0.25) is 0 Å². The number of rotatable bonds is 5. The average molecular weight is 393 g/mol. The molecule has 5 N–H and O–H groups in total. The van der Waals surface area contributed by atoms with Gasteiger partial charge in [0.05, 0.1) is 11.5 Å². The molecule has 0 saturated heterocycles. The summed E-state index contributed by atoms with van der Waals surface area (Å²) in [7, 11) is 0. The lowest BCUT2D eigenvalue weighted by atomic mass is 10.0. The number of allylic oxidation sites excluding steroid dienone is 5. The van der Waals surface area contributed by atoms with Crippen LogP contribution in [0.1, 0.15) is 5.56 Å². The minimum Gasteiger partial charge on any atom is -0.404 e. The van der Waals surface area contributed by atoms with Gasteiger partial charge < -0.3 is 16.5 Å². The van der Waals surface area contributed by atoms with Gasteiger partial charge in [-0.25, -0.2) is 9.37 Å². The first-order valence-electron chi connectivity index (χ1n) is 8.55. The van der Waals surface area contributed by atoms with Gasteiger partial charge in [0, 0.05) is 33.4 Å². The SMILES string of the molecule is C=C/C=C\C(=C/N)C(=C)/C=c1\c(=C/N)[nH]c2ncc(F)c(-c3cc(C)cs3)c12. The van der Waals surface area contributed by atoms with Gasteiger partial charge >= 0.3 is 0 Å². The molecular weight excluding hydrogens is 371 g/mol. The standard InChI is InChI=1S/C22H21FN4S/c1-4-5-6-15(9-24)14(3)8-16-18(10-25)27-22-20(16)21(17(23)11-26-22)19-7-13(2)12-28-19/h4-12H,1,3,24-25H2,2H3,(H,26,27)/b6-5-,15-9+,16-8+,18-10+. The molecule has 3 heterocycles. The number of pyridine rings is 1. The summed E-state index contributed by atoms with van der Waals surface area (Å²) in [4.78, 5) is 8.19. The number of hydrogen-bond donors (Lipinski definition) is 3. The quantitative estimate of drug-likeness (QED) is 0.583. The van der Waals surface area contributed by atoms with Crippen molar-refractivity contribution < 1.29 is 4.39 Å². The monoisotopic (exact) mass is 392 g/mol. The molecule has 3 aromatic rings. The van der Waals surface area contributed by atoms with Crippen molar-refractivity contribution >= 4 is 34.6 Å². The predicted octanol–water partition coefficient (Wildman–Crippen LogP) is 3.36.